The molecular weight excluding hydrogens is 472 g/mol. The zero-order valence-corrected chi connectivity index (χ0v) is 20.6. The quantitative estimate of drug-likeness (QED) is 0.353. The van der Waals surface area contributed by atoms with Crippen molar-refractivity contribution < 1.29 is 17.9 Å². The van der Waals surface area contributed by atoms with Gasteiger partial charge in [-0.2, -0.15) is 0 Å². The van der Waals surface area contributed by atoms with Crippen molar-refractivity contribution in [2.75, 3.05) is 16.2 Å². The lowest BCUT2D eigenvalue weighted by Gasteiger charge is -2.24. The molecule has 1 N–H and O–H groups in total. The number of amides is 1. The third-order valence-corrected chi connectivity index (χ3v) is 6.96. The summed E-state index contributed by atoms with van der Waals surface area (Å²) in [6, 6.07) is 19.9. The average Bonchev–Trinajstić information content (AvgIpc) is 2.82. The van der Waals surface area contributed by atoms with Gasteiger partial charge in [0.1, 0.15) is 0 Å². The number of para-hydroxylation sites is 1. The molecule has 0 aliphatic carbocycles. The molecule has 0 fully saturated rings. The van der Waals surface area contributed by atoms with Crippen LogP contribution in [0.25, 0.3) is 0 Å². The highest BCUT2D eigenvalue weighted by Gasteiger charge is 2.26. The molecule has 34 heavy (non-hydrogen) atoms. The maximum Gasteiger partial charge on any atom is 0.264 e. The van der Waals surface area contributed by atoms with Gasteiger partial charge in [0.15, 0.2) is 0 Å². The number of hydrogen-bond acceptors (Lipinski definition) is 4. The van der Waals surface area contributed by atoms with Crippen molar-refractivity contribution in [1.29, 1.82) is 0 Å². The molecule has 8 heteroatoms. The van der Waals surface area contributed by atoms with Crippen molar-refractivity contribution in [3.63, 3.8) is 0 Å². The van der Waals surface area contributed by atoms with E-state index in [0.717, 1.165) is 9.87 Å². The Bertz CT molecular complexity index is 1280. The topological polar surface area (TPSA) is 75.7 Å². The van der Waals surface area contributed by atoms with E-state index < -0.39 is 15.9 Å². The number of hydrogen-bond donors (Lipinski definition) is 1. The summed E-state index contributed by atoms with van der Waals surface area (Å²) in [7, 11) is -4.01. The zero-order chi connectivity index (χ0) is 24.7. The van der Waals surface area contributed by atoms with Crippen LogP contribution in [0.15, 0.2) is 90.3 Å². The first-order valence-corrected chi connectivity index (χ1v) is 12.5. The normalized spacial score (nSPS) is 11.3. The molecule has 0 unspecified atom stereocenters. The van der Waals surface area contributed by atoms with E-state index in [9.17, 15) is 13.2 Å². The summed E-state index contributed by atoms with van der Waals surface area (Å²) in [5.74, 6) is -0.424. The molecule has 0 aliphatic heterocycles. The monoisotopic (exact) mass is 498 g/mol. The van der Waals surface area contributed by atoms with Gasteiger partial charge in [0.05, 0.1) is 34.9 Å². The summed E-state index contributed by atoms with van der Waals surface area (Å²) in [5, 5.41) is 3.11. The van der Waals surface area contributed by atoms with Gasteiger partial charge in [-0.3, -0.25) is 9.10 Å². The molecule has 0 aliphatic rings. The molecule has 0 radical (unpaired) electrons. The van der Waals surface area contributed by atoms with E-state index in [1.165, 1.54) is 24.3 Å². The van der Waals surface area contributed by atoms with E-state index >= 15 is 0 Å². The van der Waals surface area contributed by atoms with Crippen LogP contribution < -0.4 is 9.62 Å². The standard InChI is InChI=1S/C26H27ClN2O4S/c1-4-15-29(25-14-6-5-13-24(25)27)34(31,32)23-12-8-10-21(17-23)26(30)28-22-11-7-9-20(16-22)18-33-19(2)3/h4-14,16-17,19H,1,15,18H2,2-3H3,(H,28,30). The minimum absolute atomic E-state index is 0.0216. The van der Waals surface area contributed by atoms with Crippen LogP contribution in [0.1, 0.15) is 29.8 Å². The Morgan fingerprint density at radius 3 is 2.53 bits per heavy atom. The fourth-order valence-electron chi connectivity index (χ4n) is 3.23. The van der Waals surface area contributed by atoms with Crippen molar-refractivity contribution in [2.24, 2.45) is 0 Å². The molecule has 178 valence electrons. The van der Waals surface area contributed by atoms with E-state index in [0.29, 0.717) is 23.0 Å². The Labute approximate surface area is 205 Å². The second-order valence-electron chi connectivity index (χ2n) is 7.82. The Morgan fingerprint density at radius 1 is 1.09 bits per heavy atom. The number of benzene rings is 3. The molecule has 3 rings (SSSR count). The van der Waals surface area contributed by atoms with Crippen molar-refractivity contribution >= 4 is 38.9 Å². The summed E-state index contributed by atoms with van der Waals surface area (Å²) in [5.41, 5.74) is 2.05. The molecule has 3 aromatic carbocycles. The van der Waals surface area contributed by atoms with Crippen LogP contribution in [0.3, 0.4) is 0 Å². The molecule has 0 saturated heterocycles. The minimum Gasteiger partial charge on any atom is -0.374 e. The first-order valence-electron chi connectivity index (χ1n) is 10.7. The fourth-order valence-corrected chi connectivity index (χ4v) is 5.02. The van der Waals surface area contributed by atoms with Crippen LogP contribution >= 0.6 is 11.6 Å². The average molecular weight is 499 g/mol. The lowest BCUT2D eigenvalue weighted by molar-refractivity contribution is 0.0657. The number of carbonyl (C=O) groups excluding carboxylic acids is 1. The van der Waals surface area contributed by atoms with Gasteiger partial charge in [0.25, 0.3) is 15.9 Å². The van der Waals surface area contributed by atoms with E-state index in [2.05, 4.69) is 11.9 Å². The summed E-state index contributed by atoms with van der Waals surface area (Å²) >= 11 is 6.26. The fraction of sp³-hybridized carbons (Fsp3) is 0.192. The number of sulfonamides is 1. The minimum atomic E-state index is -4.01. The molecule has 0 bridgehead atoms. The number of anilines is 2. The highest BCUT2D eigenvalue weighted by molar-refractivity contribution is 7.92. The molecule has 0 spiro atoms. The largest absolute Gasteiger partial charge is 0.374 e. The Morgan fingerprint density at radius 2 is 1.82 bits per heavy atom. The molecule has 3 aromatic rings. The van der Waals surface area contributed by atoms with E-state index in [1.807, 2.05) is 32.0 Å². The Balaban J connectivity index is 1.86. The number of nitrogens with zero attached hydrogens (tertiary/aromatic N) is 1. The summed E-state index contributed by atoms with van der Waals surface area (Å²) in [4.78, 5) is 12.9. The van der Waals surface area contributed by atoms with Crippen LogP contribution in [-0.2, 0) is 21.4 Å². The van der Waals surface area contributed by atoms with Gasteiger partial charge in [0.2, 0.25) is 0 Å². The number of carbonyl (C=O) groups is 1. The lowest BCUT2D eigenvalue weighted by atomic mass is 10.2. The van der Waals surface area contributed by atoms with Crippen LogP contribution in [0.4, 0.5) is 11.4 Å². The summed E-state index contributed by atoms with van der Waals surface area (Å²) < 4.78 is 33.7. The molecule has 0 heterocycles. The number of halogens is 1. The predicted molar refractivity (Wildman–Crippen MR) is 137 cm³/mol. The van der Waals surface area contributed by atoms with Crippen LogP contribution in [0.2, 0.25) is 5.02 Å². The Hall–Kier alpha value is -3.13. The van der Waals surface area contributed by atoms with E-state index in [4.69, 9.17) is 16.3 Å². The van der Waals surface area contributed by atoms with Crippen molar-refractivity contribution in [3.05, 3.63) is 102 Å². The van der Waals surface area contributed by atoms with Gasteiger partial charge >= 0.3 is 0 Å². The molecule has 0 aromatic heterocycles. The third kappa shape index (κ3) is 6.26. The summed E-state index contributed by atoms with van der Waals surface area (Å²) in [6.07, 6.45) is 1.57. The van der Waals surface area contributed by atoms with Gasteiger partial charge < -0.3 is 10.1 Å². The highest BCUT2D eigenvalue weighted by Crippen LogP contribution is 2.30. The molecule has 1 amide bonds. The van der Waals surface area contributed by atoms with Crippen molar-refractivity contribution in [2.45, 2.75) is 31.5 Å². The second kappa shape index (κ2) is 11.3. The Kier molecular flexibility index (Phi) is 8.50. The van der Waals surface area contributed by atoms with Crippen LogP contribution in [0.5, 0.6) is 0 Å². The van der Waals surface area contributed by atoms with E-state index in [-0.39, 0.29) is 23.1 Å². The summed E-state index contributed by atoms with van der Waals surface area (Å²) in [6.45, 7) is 8.02. The highest BCUT2D eigenvalue weighted by atomic mass is 35.5. The van der Waals surface area contributed by atoms with Gasteiger partial charge in [0, 0.05) is 11.3 Å². The van der Waals surface area contributed by atoms with Gasteiger partial charge in [-0.25, -0.2) is 8.42 Å². The second-order valence-corrected chi connectivity index (χ2v) is 10.1. The maximum atomic E-state index is 13.5. The first kappa shape index (κ1) is 25.5. The van der Waals surface area contributed by atoms with Crippen LogP contribution in [0, 0.1) is 0 Å². The maximum absolute atomic E-state index is 13.5. The first-order chi connectivity index (χ1) is 16.2. The van der Waals surface area contributed by atoms with Crippen LogP contribution in [-0.4, -0.2) is 27.0 Å². The molecule has 0 atom stereocenters. The van der Waals surface area contributed by atoms with Crippen molar-refractivity contribution in [1.82, 2.24) is 0 Å². The molecular formula is C26H27ClN2O4S. The zero-order valence-electron chi connectivity index (χ0n) is 19.1. The lowest BCUT2D eigenvalue weighted by Crippen LogP contribution is -2.31. The molecule has 0 saturated carbocycles. The SMILES string of the molecule is C=CCN(c1ccccc1Cl)S(=O)(=O)c1cccc(C(=O)Nc2cccc(COC(C)C)c2)c1. The predicted octanol–water partition coefficient (Wildman–Crippen LogP) is 5.90. The van der Waals surface area contributed by atoms with Gasteiger partial charge in [-0.1, -0.05) is 48.0 Å². The van der Waals surface area contributed by atoms with Crippen molar-refractivity contribution in [3.8, 4) is 0 Å². The number of ether oxygens (including phenoxy) is 1. The van der Waals surface area contributed by atoms with Gasteiger partial charge in [-0.05, 0) is 61.9 Å². The number of nitrogens with one attached hydrogen (secondary N) is 1. The van der Waals surface area contributed by atoms with Gasteiger partial charge in [-0.15, -0.1) is 6.58 Å². The smallest absolute Gasteiger partial charge is 0.264 e. The third-order valence-electron chi connectivity index (χ3n) is 4.87. The van der Waals surface area contributed by atoms with E-state index in [1.54, 1.807) is 36.4 Å². The number of rotatable bonds is 10. The molecule has 6 nitrogen and oxygen atoms in total.